The van der Waals surface area contributed by atoms with E-state index in [0.29, 0.717) is 0 Å². The first kappa shape index (κ1) is 23.8. The zero-order valence-corrected chi connectivity index (χ0v) is 11.3. The average Bonchev–Trinajstić information content (AvgIpc) is 2.24. The summed E-state index contributed by atoms with van der Waals surface area (Å²) in [4.78, 5) is 0. The van der Waals surface area contributed by atoms with Crippen LogP contribution in [0.5, 0.6) is 0 Å². The Hall–Kier alpha value is -0.780. The maximum absolute atomic E-state index is 2.12. The van der Waals surface area contributed by atoms with Gasteiger partial charge in [-0.3, -0.25) is 0 Å². The highest BCUT2D eigenvalue weighted by Gasteiger charge is 1.81. The Balaban J connectivity index is -0.000000107. The fourth-order valence-electron chi connectivity index (χ4n) is 0.478. The van der Waals surface area contributed by atoms with E-state index in [1.165, 1.54) is 11.1 Å². The Bertz CT molecular complexity index is 164. The van der Waals surface area contributed by atoms with Gasteiger partial charge in [-0.2, -0.15) is 0 Å². The zero-order chi connectivity index (χ0) is 12.0. The summed E-state index contributed by atoms with van der Waals surface area (Å²) >= 11 is 0. The van der Waals surface area contributed by atoms with Gasteiger partial charge in [0.2, 0.25) is 0 Å². The summed E-state index contributed by atoms with van der Waals surface area (Å²) in [5.74, 6) is 0. The van der Waals surface area contributed by atoms with Gasteiger partial charge in [0, 0.05) is 0 Å². The highest BCUT2D eigenvalue weighted by Crippen LogP contribution is 2.02. The molecule has 0 amide bonds. The van der Waals surface area contributed by atoms with Crippen LogP contribution in [0.15, 0.2) is 35.5 Å². The van der Waals surface area contributed by atoms with Crippen molar-refractivity contribution in [1.29, 1.82) is 0 Å². The Morgan fingerprint density at radius 1 is 0.800 bits per heavy atom. The number of hydrogen-bond acceptors (Lipinski definition) is 0. The molecule has 0 saturated carbocycles. The van der Waals surface area contributed by atoms with Crippen LogP contribution in [0.25, 0.3) is 0 Å². The van der Waals surface area contributed by atoms with Crippen molar-refractivity contribution in [3.63, 3.8) is 0 Å². The molecule has 0 bridgehead atoms. The quantitative estimate of drug-likeness (QED) is 0.481. The molecule has 0 fully saturated rings. The van der Waals surface area contributed by atoms with Gasteiger partial charge in [-0.15, -0.1) is 0 Å². The molecule has 0 heteroatoms. The number of allylic oxidation sites excluding steroid dienone is 6. The van der Waals surface area contributed by atoms with E-state index in [1.54, 1.807) is 0 Å². The summed E-state index contributed by atoms with van der Waals surface area (Å²) in [5, 5.41) is 0. The van der Waals surface area contributed by atoms with Gasteiger partial charge in [0.15, 0.2) is 0 Å². The molecule has 0 N–H and O–H groups in total. The maximum Gasteiger partial charge on any atom is -0.0398 e. The van der Waals surface area contributed by atoms with Gasteiger partial charge < -0.3 is 0 Å². The second kappa shape index (κ2) is 23.2. The Morgan fingerprint density at radius 2 is 1.20 bits per heavy atom. The van der Waals surface area contributed by atoms with Gasteiger partial charge in [-0.1, -0.05) is 70.6 Å². The zero-order valence-electron chi connectivity index (χ0n) is 11.3. The first-order valence-corrected chi connectivity index (χ1v) is 5.62. The fraction of sp³-hybridized carbons (Fsp3) is 0.600. The van der Waals surface area contributed by atoms with E-state index in [4.69, 9.17) is 0 Å². The van der Waals surface area contributed by atoms with Crippen LogP contribution in [-0.2, 0) is 0 Å². The minimum Gasteiger partial charge on any atom is -0.0877 e. The largest absolute Gasteiger partial charge is 0.0877 e. The Kier molecular flexibility index (Phi) is 36.8. The minimum atomic E-state index is 0. The van der Waals surface area contributed by atoms with Crippen LogP contribution in [-0.4, -0.2) is 0 Å². The van der Waals surface area contributed by atoms with Crippen LogP contribution < -0.4 is 0 Å². The smallest absolute Gasteiger partial charge is 0.0398 e. The third-order valence-electron chi connectivity index (χ3n) is 1.44. The molecule has 0 atom stereocenters. The predicted octanol–water partition coefficient (Wildman–Crippen LogP) is 6.16. The van der Waals surface area contributed by atoms with E-state index in [9.17, 15) is 0 Å². The molecule has 0 saturated heterocycles. The molecule has 0 aromatic heterocycles. The second-order valence-corrected chi connectivity index (χ2v) is 2.57. The molecule has 0 heterocycles. The van der Waals surface area contributed by atoms with Crippen molar-refractivity contribution in [2.24, 2.45) is 0 Å². The van der Waals surface area contributed by atoms with Crippen molar-refractivity contribution in [2.75, 3.05) is 0 Å². The van der Waals surface area contributed by atoms with Crippen molar-refractivity contribution in [3.05, 3.63) is 35.5 Å². The summed E-state index contributed by atoms with van der Waals surface area (Å²) < 4.78 is 0. The van der Waals surface area contributed by atoms with Gasteiger partial charge in [0.1, 0.15) is 0 Å². The van der Waals surface area contributed by atoms with Gasteiger partial charge in [-0.25, -0.2) is 0 Å². The lowest BCUT2D eigenvalue weighted by Crippen LogP contribution is -1.71. The standard InChI is InChI=1S/C10H16.2C2H6.CH4/c1-5-6-7-8-10(4)9(2)3;2*1-2;/h5-8H,1-4H3;2*1-2H3;1H4/b6-5-,8-7-;;;. The second-order valence-electron chi connectivity index (χ2n) is 2.57. The van der Waals surface area contributed by atoms with Crippen molar-refractivity contribution >= 4 is 0 Å². The van der Waals surface area contributed by atoms with Crippen LogP contribution in [0.2, 0.25) is 0 Å². The van der Waals surface area contributed by atoms with Crippen LogP contribution in [0, 0.1) is 0 Å². The molecular weight excluding hydrogens is 180 g/mol. The van der Waals surface area contributed by atoms with Gasteiger partial charge in [0.25, 0.3) is 0 Å². The number of rotatable bonds is 2. The highest BCUT2D eigenvalue weighted by molar-refractivity contribution is 5.23. The van der Waals surface area contributed by atoms with Crippen molar-refractivity contribution < 1.29 is 0 Å². The molecule has 0 radical (unpaired) electrons. The monoisotopic (exact) mass is 212 g/mol. The topological polar surface area (TPSA) is 0 Å². The lowest BCUT2D eigenvalue weighted by atomic mass is 10.1. The molecule has 0 aliphatic rings. The lowest BCUT2D eigenvalue weighted by Gasteiger charge is -1.92. The maximum atomic E-state index is 2.12. The van der Waals surface area contributed by atoms with Gasteiger partial charge in [-0.05, 0) is 27.7 Å². The highest BCUT2D eigenvalue weighted by atomic mass is 13.9. The third kappa shape index (κ3) is 24.6. The van der Waals surface area contributed by atoms with Crippen molar-refractivity contribution in [1.82, 2.24) is 0 Å². The van der Waals surface area contributed by atoms with Crippen LogP contribution in [0.1, 0.15) is 62.8 Å². The van der Waals surface area contributed by atoms with Crippen LogP contribution in [0.3, 0.4) is 0 Å². The Labute approximate surface area is 98.8 Å². The molecular formula is C15H32. The van der Waals surface area contributed by atoms with Gasteiger partial charge in [0.05, 0.1) is 0 Å². The molecule has 92 valence electrons. The molecule has 0 aliphatic carbocycles. The van der Waals surface area contributed by atoms with E-state index in [2.05, 4.69) is 32.9 Å². The predicted molar refractivity (Wildman–Crippen MR) is 77.4 cm³/mol. The average molecular weight is 212 g/mol. The summed E-state index contributed by atoms with van der Waals surface area (Å²) in [6.45, 7) is 16.4. The fourth-order valence-corrected chi connectivity index (χ4v) is 0.478. The van der Waals surface area contributed by atoms with E-state index in [-0.39, 0.29) is 7.43 Å². The lowest BCUT2D eigenvalue weighted by molar-refractivity contribution is 1.29. The summed E-state index contributed by atoms with van der Waals surface area (Å²) in [5.41, 5.74) is 2.72. The SMILES string of the molecule is C.C/C=C\C=C/C(C)=C(C)C.CC.CC. The van der Waals surface area contributed by atoms with E-state index < -0.39 is 0 Å². The van der Waals surface area contributed by atoms with Crippen LogP contribution >= 0.6 is 0 Å². The minimum absolute atomic E-state index is 0. The number of hydrogen-bond donors (Lipinski definition) is 0. The molecule has 0 spiro atoms. The summed E-state index contributed by atoms with van der Waals surface area (Å²) in [7, 11) is 0. The van der Waals surface area contributed by atoms with E-state index in [1.807, 2.05) is 46.8 Å². The first-order valence-electron chi connectivity index (χ1n) is 5.62. The van der Waals surface area contributed by atoms with Crippen molar-refractivity contribution in [3.8, 4) is 0 Å². The molecule has 0 rings (SSSR count). The molecule has 0 unspecified atom stereocenters. The molecule has 0 aromatic carbocycles. The van der Waals surface area contributed by atoms with Crippen molar-refractivity contribution in [2.45, 2.75) is 62.8 Å². The molecule has 0 aliphatic heterocycles. The van der Waals surface area contributed by atoms with E-state index in [0.717, 1.165) is 0 Å². The summed E-state index contributed by atoms with van der Waals surface area (Å²) in [6.07, 6.45) is 8.24. The van der Waals surface area contributed by atoms with Crippen LogP contribution in [0.4, 0.5) is 0 Å². The molecule has 0 aromatic rings. The molecule has 15 heavy (non-hydrogen) atoms. The van der Waals surface area contributed by atoms with E-state index >= 15 is 0 Å². The Morgan fingerprint density at radius 3 is 1.47 bits per heavy atom. The summed E-state index contributed by atoms with van der Waals surface area (Å²) in [6, 6.07) is 0. The normalized spacial score (nSPS) is 8.27. The van der Waals surface area contributed by atoms with Gasteiger partial charge >= 0.3 is 0 Å². The first-order chi connectivity index (χ1) is 6.68. The molecule has 0 nitrogen and oxygen atoms in total. The third-order valence-corrected chi connectivity index (χ3v) is 1.44.